The summed E-state index contributed by atoms with van der Waals surface area (Å²) in [5, 5.41) is 1.94. The van der Waals surface area contributed by atoms with E-state index in [1.165, 1.54) is 0 Å². The van der Waals surface area contributed by atoms with Crippen LogP contribution in [0.5, 0.6) is 0 Å². The van der Waals surface area contributed by atoms with E-state index in [4.69, 9.17) is 19.0 Å². The molecule has 0 aliphatic carbocycles. The van der Waals surface area contributed by atoms with Crippen LogP contribution in [0.1, 0.15) is 27.2 Å². The van der Waals surface area contributed by atoms with Gasteiger partial charge in [-0.2, -0.15) is 5.06 Å². The highest BCUT2D eigenvalue weighted by Crippen LogP contribution is 2.45. The van der Waals surface area contributed by atoms with Gasteiger partial charge < -0.3 is 14.2 Å². The summed E-state index contributed by atoms with van der Waals surface area (Å²) in [5.41, 5.74) is -0.220. The van der Waals surface area contributed by atoms with Crippen LogP contribution in [0, 0.1) is 5.92 Å². The van der Waals surface area contributed by atoms with E-state index in [1.54, 1.807) is 0 Å². The molecule has 0 N–H and O–H groups in total. The van der Waals surface area contributed by atoms with Crippen molar-refractivity contribution in [2.45, 2.75) is 63.4 Å². The quantitative estimate of drug-likeness (QED) is 0.698. The first-order valence-corrected chi connectivity index (χ1v) is 7.36. The molecule has 6 nitrogen and oxygen atoms in total. The monoisotopic (exact) mass is 283 g/mol. The third kappa shape index (κ3) is 1.86. The first kappa shape index (κ1) is 13.2. The van der Waals surface area contributed by atoms with Crippen LogP contribution in [0.15, 0.2) is 0 Å². The Bertz CT molecular complexity index is 434. The zero-order valence-corrected chi connectivity index (χ0v) is 12.1. The topological polar surface area (TPSA) is 57.2 Å². The molecule has 0 unspecified atom stereocenters. The fraction of sp³-hybridized carbons (Fsp3) is 0.929. The van der Waals surface area contributed by atoms with Gasteiger partial charge in [-0.05, 0) is 27.2 Å². The highest BCUT2D eigenvalue weighted by Gasteiger charge is 2.62. The van der Waals surface area contributed by atoms with Crippen molar-refractivity contribution in [1.29, 1.82) is 0 Å². The van der Waals surface area contributed by atoms with Gasteiger partial charge in [0.05, 0.1) is 30.3 Å². The van der Waals surface area contributed by atoms with Crippen LogP contribution in [-0.4, -0.2) is 60.2 Å². The first-order chi connectivity index (χ1) is 9.44. The lowest BCUT2D eigenvalue weighted by Crippen LogP contribution is -2.51. The minimum atomic E-state index is -0.694. The average Bonchev–Trinajstić information content (AvgIpc) is 2.99. The second-order valence-electron chi connectivity index (χ2n) is 7.03. The van der Waals surface area contributed by atoms with Gasteiger partial charge in [0.15, 0.2) is 5.78 Å². The zero-order valence-electron chi connectivity index (χ0n) is 12.1. The molecule has 112 valence electrons. The molecule has 4 saturated heterocycles. The van der Waals surface area contributed by atoms with Gasteiger partial charge in [0.2, 0.25) is 6.29 Å². The smallest absolute Gasteiger partial charge is 0.218 e. The number of hydrogen-bond donors (Lipinski definition) is 0. The third-order valence-corrected chi connectivity index (χ3v) is 4.47. The molecule has 4 aliphatic heterocycles. The van der Waals surface area contributed by atoms with E-state index >= 15 is 0 Å². The molecule has 0 saturated carbocycles. The maximum atomic E-state index is 12.5. The molecule has 0 amide bonds. The number of hydrogen-bond acceptors (Lipinski definition) is 6. The standard InChI is InChI=1S/C14H21NO5/c1-14(2,3)19-7-4-5-15-10(7)9-11(16)13-17-6-8(18-13)12(9)20-15/h7-10,12-13H,4-6H2,1-3H3/t7-,8+,9-,10+,12+,13+/m0/s1. The van der Waals surface area contributed by atoms with Gasteiger partial charge in [-0.15, -0.1) is 0 Å². The van der Waals surface area contributed by atoms with E-state index in [0.717, 1.165) is 13.0 Å². The van der Waals surface area contributed by atoms with Crippen LogP contribution in [0.2, 0.25) is 0 Å². The zero-order chi connectivity index (χ0) is 14.1. The van der Waals surface area contributed by atoms with Gasteiger partial charge in [0.1, 0.15) is 12.2 Å². The molecule has 0 radical (unpaired) electrons. The summed E-state index contributed by atoms with van der Waals surface area (Å²) >= 11 is 0. The molecule has 0 spiro atoms. The minimum Gasteiger partial charge on any atom is -0.371 e. The third-order valence-electron chi connectivity index (χ3n) is 4.47. The molecule has 4 aliphatic rings. The van der Waals surface area contributed by atoms with E-state index in [2.05, 4.69) is 0 Å². The van der Waals surface area contributed by atoms with Crippen molar-refractivity contribution in [1.82, 2.24) is 5.06 Å². The fourth-order valence-electron chi connectivity index (χ4n) is 3.82. The summed E-state index contributed by atoms with van der Waals surface area (Å²) in [6, 6.07) is 0.00215. The molecule has 4 fully saturated rings. The van der Waals surface area contributed by atoms with Crippen molar-refractivity contribution in [3.8, 4) is 0 Å². The lowest BCUT2D eigenvalue weighted by Gasteiger charge is -2.33. The second-order valence-corrected chi connectivity index (χ2v) is 7.03. The maximum absolute atomic E-state index is 12.5. The molecule has 2 bridgehead atoms. The number of Topliss-reactive ketones (excluding diaryl/α,β-unsaturated/α-hetero) is 1. The summed E-state index contributed by atoms with van der Waals surface area (Å²) in [6.45, 7) is 7.39. The molecule has 0 aromatic rings. The predicted molar refractivity (Wildman–Crippen MR) is 67.7 cm³/mol. The van der Waals surface area contributed by atoms with Crippen LogP contribution in [0.4, 0.5) is 0 Å². The summed E-state index contributed by atoms with van der Waals surface area (Å²) in [4.78, 5) is 18.5. The van der Waals surface area contributed by atoms with E-state index in [1.807, 2.05) is 25.8 Å². The number of carbonyl (C=O) groups excluding carboxylic acids is 1. The Morgan fingerprint density at radius 1 is 1.35 bits per heavy atom. The average molecular weight is 283 g/mol. The van der Waals surface area contributed by atoms with E-state index in [9.17, 15) is 4.79 Å². The van der Waals surface area contributed by atoms with E-state index in [0.29, 0.717) is 6.61 Å². The van der Waals surface area contributed by atoms with Crippen molar-refractivity contribution in [2.75, 3.05) is 13.2 Å². The van der Waals surface area contributed by atoms with Crippen molar-refractivity contribution in [3.05, 3.63) is 0 Å². The first-order valence-electron chi connectivity index (χ1n) is 7.36. The number of ether oxygens (including phenoxy) is 3. The summed E-state index contributed by atoms with van der Waals surface area (Å²) in [6.07, 6.45) is -0.0940. The van der Waals surface area contributed by atoms with Gasteiger partial charge in [-0.1, -0.05) is 0 Å². The van der Waals surface area contributed by atoms with Gasteiger partial charge in [0, 0.05) is 6.54 Å². The number of carbonyl (C=O) groups is 1. The van der Waals surface area contributed by atoms with Crippen molar-refractivity contribution in [3.63, 3.8) is 0 Å². The Labute approximate surface area is 118 Å². The van der Waals surface area contributed by atoms with Crippen LogP contribution in [0.3, 0.4) is 0 Å². The number of nitrogens with zero attached hydrogens (tertiary/aromatic N) is 1. The van der Waals surface area contributed by atoms with Gasteiger partial charge >= 0.3 is 0 Å². The van der Waals surface area contributed by atoms with Crippen LogP contribution in [0.25, 0.3) is 0 Å². The van der Waals surface area contributed by atoms with Crippen LogP contribution in [-0.2, 0) is 23.8 Å². The second kappa shape index (κ2) is 4.24. The highest BCUT2D eigenvalue weighted by molar-refractivity contribution is 5.87. The minimum absolute atomic E-state index is 0.00215. The van der Waals surface area contributed by atoms with Crippen LogP contribution >= 0.6 is 0 Å². The Morgan fingerprint density at radius 2 is 2.15 bits per heavy atom. The van der Waals surface area contributed by atoms with Gasteiger partial charge in [-0.25, -0.2) is 0 Å². The SMILES string of the molecule is CC(C)(C)O[C@H]1CCN2O[C@H]3[C@H](C(=O)[C@@H]4OC[C@H]3O4)[C@@H]12. The Balaban J connectivity index is 1.61. The number of rotatable bonds is 1. The predicted octanol–water partition coefficient (Wildman–Crippen LogP) is 0.499. The number of fused-ring (bicyclic) bond motifs is 6. The molecular weight excluding hydrogens is 262 g/mol. The summed E-state index contributed by atoms with van der Waals surface area (Å²) in [7, 11) is 0. The summed E-state index contributed by atoms with van der Waals surface area (Å²) in [5.74, 6) is -0.170. The van der Waals surface area contributed by atoms with Crippen molar-refractivity contribution < 1.29 is 23.8 Å². The van der Waals surface area contributed by atoms with Crippen molar-refractivity contribution in [2.24, 2.45) is 5.92 Å². The molecule has 20 heavy (non-hydrogen) atoms. The highest BCUT2D eigenvalue weighted by atomic mass is 16.8. The lowest BCUT2D eigenvalue weighted by atomic mass is 9.84. The normalized spacial score (nSPS) is 47.6. The molecule has 6 atom stereocenters. The van der Waals surface area contributed by atoms with Crippen molar-refractivity contribution >= 4 is 5.78 Å². The molecule has 6 heteroatoms. The molecule has 0 aromatic carbocycles. The van der Waals surface area contributed by atoms with Gasteiger partial charge in [-0.3, -0.25) is 9.63 Å². The molecule has 4 rings (SSSR count). The Hall–Kier alpha value is -0.530. The maximum Gasteiger partial charge on any atom is 0.218 e. The van der Waals surface area contributed by atoms with E-state index < -0.39 is 6.29 Å². The number of hydroxylamine groups is 2. The molecule has 0 aromatic heterocycles. The largest absolute Gasteiger partial charge is 0.371 e. The molecule has 4 heterocycles. The fourth-order valence-corrected chi connectivity index (χ4v) is 3.82. The summed E-state index contributed by atoms with van der Waals surface area (Å²) < 4.78 is 17.1. The van der Waals surface area contributed by atoms with Crippen LogP contribution < -0.4 is 0 Å². The Kier molecular flexibility index (Phi) is 2.79. The lowest BCUT2D eigenvalue weighted by molar-refractivity contribution is -0.196. The van der Waals surface area contributed by atoms with Gasteiger partial charge in [0.25, 0.3) is 0 Å². The molecular formula is C14H21NO5. The van der Waals surface area contributed by atoms with E-state index in [-0.39, 0.29) is 41.7 Å². The Morgan fingerprint density at radius 3 is 2.90 bits per heavy atom. The number of ketones is 1.